The zero-order chi connectivity index (χ0) is 15.9. The van der Waals surface area contributed by atoms with E-state index < -0.39 is 0 Å². The molecule has 0 radical (unpaired) electrons. The molecule has 1 aromatic carbocycles. The van der Waals surface area contributed by atoms with Crippen molar-refractivity contribution in [1.82, 2.24) is 5.32 Å². The van der Waals surface area contributed by atoms with Gasteiger partial charge in [-0.1, -0.05) is 26.0 Å². The zero-order valence-electron chi connectivity index (χ0n) is 14.1. The number of benzene rings is 1. The number of nitrogens with one attached hydrogen (secondary N) is 1. The first-order valence-electron chi connectivity index (χ1n) is 8.29. The summed E-state index contributed by atoms with van der Waals surface area (Å²) in [6.07, 6.45) is 3.56. The fraction of sp³-hybridized carbons (Fsp3) is 0.611. The van der Waals surface area contributed by atoms with Gasteiger partial charge in [0.2, 0.25) is 5.91 Å². The van der Waals surface area contributed by atoms with Crippen LogP contribution in [0.15, 0.2) is 24.3 Å². The lowest BCUT2D eigenvalue weighted by Crippen LogP contribution is -2.31. The third-order valence-electron chi connectivity index (χ3n) is 4.06. The molecule has 23 heavy (non-hydrogen) atoms. The number of amides is 1. The van der Waals surface area contributed by atoms with Gasteiger partial charge < -0.3 is 15.8 Å². The monoisotopic (exact) mass is 340 g/mol. The molecule has 2 atom stereocenters. The van der Waals surface area contributed by atoms with E-state index in [9.17, 15) is 4.79 Å². The maximum atomic E-state index is 12.0. The molecular formula is C18H29ClN2O2. The molecule has 5 heteroatoms. The number of nitrogens with two attached hydrogens (primary N) is 1. The molecule has 1 saturated carbocycles. The Morgan fingerprint density at radius 2 is 2.00 bits per heavy atom. The van der Waals surface area contributed by atoms with Crippen molar-refractivity contribution < 1.29 is 9.53 Å². The molecule has 0 bridgehead atoms. The zero-order valence-corrected chi connectivity index (χ0v) is 14.9. The topological polar surface area (TPSA) is 64.3 Å². The summed E-state index contributed by atoms with van der Waals surface area (Å²) in [6.45, 7) is 5.68. The van der Waals surface area contributed by atoms with E-state index in [4.69, 9.17) is 10.5 Å². The first-order valence-corrected chi connectivity index (χ1v) is 8.29. The summed E-state index contributed by atoms with van der Waals surface area (Å²) in [5.74, 6) is 1.70. The van der Waals surface area contributed by atoms with Crippen molar-refractivity contribution in [1.29, 1.82) is 0 Å². The molecule has 1 amide bonds. The van der Waals surface area contributed by atoms with Crippen LogP contribution in [0.3, 0.4) is 0 Å². The molecule has 130 valence electrons. The van der Waals surface area contributed by atoms with E-state index in [1.165, 1.54) is 5.56 Å². The molecule has 1 aromatic rings. The van der Waals surface area contributed by atoms with Crippen LogP contribution in [-0.2, 0) is 11.2 Å². The van der Waals surface area contributed by atoms with E-state index in [0.717, 1.165) is 38.0 Å². The van der Waals surface area contributed by atoms with E-state index in [1.807, 2.05) is 12.1 Å². The van der Waals surface area contributed by atoms with E-state index in [0.29, 0.717) is 12.5 Å². The van der Waals surface area contributed by atoms with Gasteiger partial charge in [0.15, 0.2) is 0 Å². The highest BCUT2D eigenvalue weighted by atomic mass is 35.5. The van der Waals surface area contributed by atoms with Crippen LogP contribution in [-0.4, -0.2) is 25.1 Å². The number of carbonyl (C=O) groups excluding carboxylic acids is 1. The average molecular weight is 341 g/mol. The number of ether oxygens (including phenoxy) is 1. The van der Waals surface area contributed by atoms with Crippen molar-refractivity contribution in [3.05, 3.63) is 29.8 Å². The van der Waals surface area contributed by atoms with Crippen LogP contribution in [0.2, 0.25) is 0 Å². The Kier molecular flexibility index (Phi) is 8.42. The third-order valence-corrected chi connectivity index (χ3v) is 4.06. The Morgan fingerprint density at radius 1 is 1.30 bits per heavy atom. The minimum absolute atomic E-state index is 0. The van der Waals surface area contributed by atoms with Gasteiger partial charge in [0.1, 0.15) is 5.75 Å². The van der Waals surface area contributed by atoms with E-state index >= 15 is 0 Å². The van der Waals surface area contributed by atoms with E-state index in [1.54, 1.807) is 0 Å². The molecule has 4 nitrogen and oxygen atoms in total. The minimum atomic E-state index is 0. The smallest absolute Gasteiger partial charge is 0.223 e. The minimum Gasteiger partial charge on any atom is -0.493 e. The van der Waals surface area contributed by atoms with Gasteiger partial charge in [-0.05, 0) is 49.3 Å². The van der Waals surface area contributed by atoms with E-state index in [2.05, 4.69) is 31.3 Å². The fourth-order valence-electron chi connectivity index (χ4n) is 2.74. The van der Waals surface area contributed by atoms with Crippen LogP contribution in [0.25, 0.3) is 0 Å². The molecule has 2 unspecified atom stereocenters. The lowest BCUT2D eigenvalue weighted by atomic mass is 10.1. The second-order valence-electron chi connectivity index (χ2n) is 6.66. The highest BCUT2D eigenvalue weighted by Crippen LogP contribution is 2.24. The molecule has 1 fully saturated rings. The van der Waals surface area contributed by atoms with Crippen LogP contribution in [0.1, 0.15) is 38.7 Å². The van der Waals surface area contributed by atoms with Crippen molar-refractivity contribution in [2.75, 3.05) is 13.2 Å². The molecule has 1 aliphatic rings. The van der Waals surface area contributed by atoms with Crippen molar-refractivity contribution in [2.45, 2.75) is 45.6 Å². The van der Waals surface area contributed by atoms with Crippen molar-refractivity contribution in [2.24, 2.45) is 17.6 Å². The first kappa shape index (κ1) is 19.8. The molecule has 0 spiro atoms. The SMILES string of the molecule is CC(C)COc1ccc(CCNC(=O)C2CCC(N)C2)cc1.Cl. The Morgan fingerprint density at radius 3 is 2.57 bits per heavy atom. The fourth-order valence-corrected chi connectivity index (χ4v) is 2.74. The first-order chi connectivity index (χ1) is 10.5. The summed E-state index contributed by atoms with van der Waals surface area (Å²) in [5, 5.41) is 3.02. The Bertz CT molecular complexity index is 476. The van der Waals surface area contributed by atoms with Gasteiger partial charge in [0, 0.05) is 18.5 Å². The number of hydrogen-bond acceptors (Lipinski definition) is 3. The lowest BCUT2D eigenvalue weighted by Gasteiger charge is -2.11. The highest BCUT2D eigenvalue weighted by molar-refractivity contribution is 5.85. The summed E-state index contributed by atoms with van der Waals surface area (Å²) in [7, 11) is 0. The molecule has 0 heterocycles. The maximum Gasteiger partial charge on any atom is 0.223 e. The van der Waals surface area contributed by atoms with Crippen LogP contribution < -0.4 is 15.8 Å². The second kappa shape index (κ2) is 9.78. The van der Waals surface area contributed by atoms with Crippen LogP contribution >= 0.6 is 12.4 Å². The molecule has 1 aliphatic carbocycles. The van der Waals surface area contributed by atoms with Crippen LogP contribution in [0, 0.1) is 11.8 Å². The molecule has 0 saturated heterocycles. The van der Waals surface area contributed by atoms with Crippen LogP contribution in [0.5, 0.6) is 5.75 Å². The Hall–Kier alpha value is -1.26. The lowest BCUT2D eigenvalue weighted by molar-refractivity contribution is -0.124. The number of rotatable bonds is 7. The third kappa shape index (κ3) is 6.80. The number of carbonyl (C=O) groups is 1. The quantitative estimate of drug-likeness (QED) is 0.802. The predicted octanol–water partition coefficient (Wildman–Crippen LogP) is 2.93. The predicted molar refractivity (Wildman–Crippen MR) is 96.1 cm³/mol. The van der Waals surface area contributed by atoms with Gasteiger partial charge in [0.05, 0.1) is 6.61 Å². The summed E-state index contributed by atoms with van der Waals surface area (Å²) >= 11 is 0. The maximum absolute atomic E-state index is 12.0. The van der Waals surface area contributed by atoms with Gasteiger partial charge in [-0.2, -0.15) is 0 Å². The highest BCUT2D eigenvalue weighted by Gasteiger charge is 2.27. The molecular weight excluding hydrogens is 312 g/mol. The Balaban J connectivity index is 0.00000264. The molecule has 0 aliphatic heterocycles. The number of halogens is 1. The van der Waals surface area contributed by atoms with Gasteiger partial charge in [-0.25, -0.2) is 0 Å². The van der Waals surface area contributed by atoms with Crippen LogP contribution in [0.4, 0.5) is 0 Å². The summed E-state index contributed by atoms with van der Waals surface area (Å²) in [4.78, 5) is 12.0. The largest absolute Gasteiger partial charge is 0.493 e. The van der Waals surface area contributed by atoms with Gasteiger partial charge in [-0.3, -0.25) is 4.79 Å². The van der Waals surface area contributed by atoms with Crippen molar-refractivity contribution in [3.63, 3.8) is 0 Å². The number of hydrogen-bond donors (Lipinski definition) is 2. The molecule has 0 aromatic heterocycles. The standard InChI is InChI=1S/C18H28N2O2.ClH/c1-13(2)12-22-17-7-3-14(4-8-17)9-10-20-18(21)15-5-6-16(19)11-15;/h3-4,7-8,13,15-16H,5-6,9-12,19H2,1-2H3,(H,20,21);1H. The average Bonchev–Trinajstić information content (AvgIpc) is 2.93. The van der Waals surface area contributed by atoms with Crippen molar-refractivity contribution >= 4 is 18.3 Å². The van der Waals surface area contributed by atoms with E-state index in [-0.39, 0.29) is 30.3 Å². The second-order valence-corrected chi connectivity index (χ2v) is 6.66. The molecule has 3 N–H and O–H groups in total. The van der Waals surface area contributed by atoms with Gasteiger partial charge in [-0.15, -0.1) is 12.4 Å². The summed E-state index contributed by atoms with van der Waals surface area (Å²) in [5.41, 5.74) is 7.06. The summed E-state index contributed by atoms with van der Waals surface area (Å²) in [6, 6.07) is 8.32. The summed E-state index contributed by atoms with van der Waals surface area (Å²) < 4.78 is 5.66. The van der Waals surface area contributed by atoms with Crippen molar-refractivity contribution in [3.8, 4) is 5.75 Å². The molecule has 2 rings (SSSR count). The Labute approximate surface area is 145 Å². The normalized spacial score (nSPS) is 20.2. The van der Waals surface area contributed by atoms with Gasteiger partial charge >= 0.3 is 0 Å². The van der Waals surface area contributed by atoms with Gasteiger partial charge in [0.25, 0.3) is 0 Å².